The van der Waals surface area contributed by atoms with Crippen molar-refractivity contribution in [2.24, 2.45) is 0 Å². The molecule has 4 rings (SSSR count). The molecule has 5 nitrogen and oxygen atoms in total. The van der Waals surface area contributed by atoms with Crippen LogP contribution >= 0.6 is 0 Å². The number of carbonyl (C=O) groups excluding carboxylic acids is 1. The van der Waals surface area contributed by atoms with Crippen LogP contribution in [0.1, 0.15) is 51.0 Å². The number of ether oxygens (including phenoxy) is 1. The zero-order valence-electron chi connectivity index (χ0n) is 16.2. The number of aryl methyl sites for hydroxylation is 1. The van der Waals surface area contributed by atoms with E-state index in [0.29, 0.717) is 12.6 Å². The lowest BCUT2D eigenvalue weighted by atomic mass is 10.1. The molecule has 2 atom stereocenters. The van der Waals surface area contributed by atoms with Crippen molar-refractivity contribution in [1.29, 1.82) is 0 Å². The third kappa shape index (κ3) is 3.17. The normalized spacial score (nSPS) is 28.5. The first kappa shape index (κ1) is 18.0. The van der Waals surface area contributed by atoms with Crippen molar-refractivity contribution in [3.8, 4) is 0 Å². The summed E-state index contributed by atoms with van der Waals surface area (Å²) in [4.78, 5) is 12.4. The molecule has 26 heavy (non-hydrogen) atoms. The van der Waals surface area contributed by atoms with Crippen LogP contribution in [-0.2, 0) is 9.53 Å². The van der Waals surface area contributed by atoms with Gasteiger partial charge in [-0.2, -0.15) is 0 Å². The van der Waals surface area contributed by atoms with Gasteiger partial charge in [0.25, 0.3) is 5.91 Å². The van der Waals surface area contributed by atoms with E-state index in [1.54, 1.807) is 0 Å². The molecule has 3 heterocycles. The first-order valence-electron chi connectivity index (χ1n) is 10.3. The van der Waals surface area contributed by atoms with E-state index in [2.05, 4.69) is 42.4 Å². The molecule has 3 fully saturated rings. The first-order valence-corrected chi connectivity index (χ1v) is 10.3. The van der Waals surface area contributed by atoms with Crippen LogP contribution < -0.4 is 9.91 Å². The summed E-state index contributed by atoms with van der Waals surface area (Å²) in [6.45, 7) is 8.77. The van der Waals surface area contributed by atoms with Crippen molar-refractivity contribution in [1.82, 2.24) is 9.60 Å². The molecule has 0 aromatic heterocycles. The second-order valence-corrected chi connectivity index (χ2v) is 8.22. The van der Waals surface area contributed by atoms with Gasteiger partial charge in [0.2, 0.25) is 0 Å². The average Bonchev–Trinajstić information content (AvgIpc) is 3.38. The van der Waals surface area contributed by atoms with E-state index in [4.69, 9.17) is 4.74 Å². The Morgan fingerprint density at radius 2 is 2.00 bits per heavy atom. The van der Waals surface area contributed by atoms with Crippen LogP contribution in [0.2, 0.25) is 0 Å². The van der Waals surface area contributed by atoms with Crippen LogP contribution in [0.15, 0.2) is 18.2 Å². The van der Waals surface area contributed by atoms with Gasteiger partial charge in [0, 0.05) is 43.8 Å². The summed E-state index contributed by atoms with van der Waals surface area (Å²) in [5.74, 6) is -0.00316. The molecule has 1 unspecified atom stereocenters. The van der Waals surface area contributed by atoms with E-state index >= 15 is 0 Å². The van der Waals surface area contributed by atoms with E-state index in [1.165, 1.54) is 51.0 Å². The molecule has 1 aromatic rings. The van der Waals surface area contributed by atoms with Gasteiger partial charge < -0.3 is 10.1 Å². The lowest BCUT2D eigenvalue weighted by Crippen LogP contribution is -2.61. The Morgan fingerprint density at radius 1 is 1.19 bits per heavy atom. The topological polar surface area (TPSA) is 41.6 Å². The highest BCUT2D eigenvalue weighted by Crippen LogP contribution is 2.38. The summed E-state index contributed by atoms with van der Waals surface area (Å²) in [6, 6.07) is 7.26. The number of amides is 1. The second kappa shape index (κ2) is 7.29. The molecule has 3 saturated heterocycles. The van der Waals surface area contributed by atoms with Gasteiger partial charge in [0.05, 0.1) is 6.04 Å². The minimum Gasteiger partial charge on any atom is -0.368 e. The predicted molar refractivity (Wildman–Crippen MR) is 105 cm³/mol. The number of quaternary nitrogens is 1. The summed E-state index contributed by atoms with van der Waals surface area (Å²) >= 11 is 0. The summed E-state index contributed by atoms with van der Waals surface area (Å²) in [7, 11) is 0. The predicted octanol–water partition coefficient (Wildman–Crippen LogP) is 3.61. The monoisotopic (exact) mass is 358 g/mol. The third-order valence-corrected chi connectivity index (χ3v) is 6.49. The first-order chi connectivity index (χ1) is 12.6. The van der Waals surface area contributed by atoms with Gasteiger partial charge in [-0.25, -0.2) is 4.59 Å². The van der Waals surface area contributed by atoms with Crippen LogP contribution in [-0.4, -0.2) is 49.3 Å². The number of hydrogen-bond acceptors (Lipinski definition) is 3. The van der Waals surface area contributed by atoms with Crippen LogP contribution in [0.4, 0.5) is 11.4 Å². The third-order valence-electron chi connectivity index (χ3n) is 6.49. The molecule has 1 amide bonds. The second-order valence-electron chi connectivity index (χ2n) is 8.22. The molecule has 3 aliphatic heterocycles. The van der Waals surface area contributed by atoms with Crippen LogP contribution in [0.5, 0.6) is 0 Å². The van der Waals surface area contributed by atoms with Gasteiger partial charge in [-0.05, 0) is 51.2 Å². The van der Waals surface area contributed by atoms with Crippen molar-refractivity contribution in [3.63, 3.8) is 0 Å². The Kier molecular flexibility index (Phi) is 5.04. The van der Waals surface area contributed by atoms with Crippen LogP contribution in [0, 0.1) is 6.92 Å². The number of anilines is 1. The zero-order chi connectivity index (χ0) is 18.1. The number of carbonyl (C=O) groups is 1. The molecular weight excluding hydrogens is 326 g/mol. The maximum Gasteiger partial charge on any atom is 0.253 e. The highest BCUT2D eigenvalue weighted by Gasteiger charge is 2.45. The van der Waals surface area contributed by atoms with Gasteiger partial charge in [-0.3, -0.25) is 4.79 Å². The van der Waals surface area contributed by atoms with Gasteiger partial charge in [-0.1, -0.05) is 0 Å². The number of benzene rings is 1. The van der Waals surface area contributed by atoms with Gasteiger partial charge in [0.15, 0.2) is 5.69 Å². The van der Waals surface area contributed by atoms with Gasteiger partial charge >= 0.3 is 0 Å². The van der Waals surface area contributed by atoms with E-state index < -0.39 is 0 Å². The van der Waals surface area contributed by atoms with Crippen molar-refractivity contribution in [2.45, 2.75) is 64.5 Å². The lowest BCUT2D eigenvalue weighted by molar-refractivity contribution is -0.124. The highest BCUT2D eigenvalue weighted by atomic mass is 16.5. The molecule has 0 radical (unpaired) electrons. The maximum atomic E-state index is 12.4. The summed E-state index contributed by atoms with van der Waals surface area (Å²) in [5.41, 5.74) is 3.44. The van der Waals surface area contributed by atoms with Crippen LogP contribution in [0.25, 0.3) is 0 Å². The maximum absolute atomic E-state index is 12.4. The Balaban J connectivity index is 1.57. The van der Waals surface area contributed by atoms with Crippen molar-refractivity contribution in [3.05, 3.63) is 23.8 Å². The largest absolute Gasteiger partial charge is 0.368 e. The molecule has 3 aliphatic rings. The summed E-state index contributed by atoms with van der Waals surface area (Å²) in [6.07, 6.45) is 6.71. The molecule has 0 aliphatic carbocycles. The molecule has 0 saturated carbocycles. The number of nitrogens with zero attached hydrogens (tertiary/aromatic N) is 2. The smallest absolute Gasteiger partial charge is 0.253 e. The summed E-state index contributed by atoms with van der Waals surface area (Å²) in [5, 5.41) is 5.78. The fraction of sp³-hybridized carbons (Fsp3) is 0.667. The van der Waals surface area contributed by atoms with E-state index in [9.17, 15) is 4.79 Å². The molecule has 0 spiro atoms. The molecule has 1 aromatic carbocycles. The van der Waals surface area contributed by atoms with Gasteiger partial charge in [-0.15, -0.1) is 5.01 Å². The van der Waals surface area contributed by atoms with Crippen molar-refractivity contribution < 1.29 is 9.53 Å². The van der Waals surface area contributed by atoms with Crippen molar-refractivity contribution in [2.75, 3.05) is 31.6 Å². The number of hydrogen-bond donors (Lipinski definition) is 1. The Labute approximate surface area is 156 Å². The fourth-order valence-corrected chi connectivity index (χ4v) is 5.05. The Bertz CT molecular complexity index is 663. The molecule has 1 N–H and O–H groups in total. The fourth-order valence-electron chi connectivity index (χ4n) is 5.05. The Morgan fingerprint density at radius 3 is 2.62 bits per heavy atom. The SMILES string of the molecule is Cc1cc([N+]2(N3CCCC3C)CCCC2)ccc1NC(=O)[C@@H]1CCCO1. The average molecular weight is 359 g/mol. The Hall–Kier alpha value is -1.43. The molecule has 0 bridgehead atoms. The number of rotatable bonds is 4. The molecule has 5 heteroatoms. The van der Waals surface area contributed by atoms with E-state index in [-0.39, 0.29) is 12.0 Å². The zero-order valence-corrected chi connectivity index (χ0v) is 16.2. The minimum absolute atomic E-state index is 0.00316. The van der Waals surface area contributed by atoms with E-state index in [0.717, 1.165) is 28.7 Å². The minimum atomic E-state index is -0.281. The standard InChI is InChI=1S/C21H31N3O2/c1-16-15-18(9-10-19(16)22-21(25)20-8-6-14-26-20)24(12-3-4-13-24)23-11-5-7-17(23)2/h9-10,15,17,20H,3-8,11-14H2,1-2H3/p+1/t17?,20-/m0/s1. The van der Waals surface area contributed by atoms with Crippen molar-refractivity contribution >= 4 is 17.3 Å². The summed E-state index contributed by atoms with van der Waals surface area (Å²) < 4.78 is 6.51. The molecular formula is C21H32N3O2+. The number of nitrogens with one attached hydrogen (secondary N) is 1. The molecule has 142 valence electrons. The highest BCUT2D eigenvalue weighted by molar-refractivity contribution is 5.95. The quantitative estimate of drug-likeness (QED) is 0.836. The lowest BCUT2D eigenvalue weighted by Gasteiger charge is -2.43. The van der Waals surface area contributed by atoms with E-state index in [1.807, 2.05) is 0 Å². The van der Waals surface area contributed by atoms with Gasteiger partial charge in [0.1, 0.15) is 19.2 Å². The van der Waals surface area contributed by atoms with Crippen LogP contribution in [0.3, 0.4) is 0 Å².